The van der Waals surface area contributed by atoms with E-state index in [0.29, 0.717) is 22.8 Å². The second-order valence-electron chi connectivity index (χ2n) is 6.05. The molecule has 2 aromatic heterocycles. The first-order valence-electron chi connectivity index (χ1n) is 8.39. The Morgan fingerprint density at radius 3 is 2.46 bits per heavy atom. The number of pyridine rings is 1. The lowest BCUT2D eigenvalue weighted by atomic mass is 10.1. The Morgan fingerprint density at radius 1 is 1.07 bits per heavy atom. The molecule has 0 bridgehead atoms. The SMILES string of the molecule is COc1cc(OC)cc(-c2nc(C(=O)N=[N+]=[N-])cc3c2[nH]c2ccccc23)c1. The molecule has 0 spiro atoms. The molecule has 0 aliphatic rings. The summed E-state index contributed by atoms with van der Waals surface area (Å²) in [5.74, 6) is 0.435. The van der Waals surface area contributed by atoms with Gasteiger partial charge >= 0.3 is 0 Å². The van der Waals surface area contributed by atoms with E-state index in [1.807, 2.05) is 24.3 Å². The fourth-order valence-electron chi connectivity index (χ4n) is 3.20. The Labute approximate surface area is 159 Å². The monoisotopic (exact) mass is 373 g/mol. The molecule has 2 heterocycles. The molecular formula is C20H15N5O3. The van der Waals surface area contributed by atoms with Gasteiger partial charge in [-0.2, -0.15) is 0 Å². The van der Waals surface area contributed by atoms with Gasteiger partial charge in [-0.1, -0.05) is 18.2 Å². The van der Waals surface area contributed by atoms with Crippen molar-refractivity contribution in [3.8, 4) is 22.8 Å². The Hall–Kier alpha value is -4.03. The normalized spacial score (nSPS) is 10.6. The molecule has 0 atom stereocenters. The summed E-state index contributed by atoms with van der Waals surface area (Å²) in [6.07, 6.45) is 0. The van der Waals surface area contributed by atoms with Gasteiger partial charge in [-0.15, -0.1) is 0 Å². The van der Waals surface area contributed by atoms with Gasteiger partial charge in [0.25, 0.3) is 5.91 Å². The highest BCUT2D eigenvalue weighted by atomic mass is 16.5. The largest absolute Gasteiger partial charge is 0.497 e. The number of carbonyl (C=O) groups excluding carboxylic acids is 1. The van der Waals surface area contributed by atoms with E-state index in [1.54, 1.807) is 38.5 Å². The van der Waals surface area contributed by atoms with E-state index in [2.05, 4.69) is 20.0 Å². The number of hydrogen-bond donors (Lipinski definition) is 1. The topological polar surface area (TPSA) is 113 Å². The van der Waals surface area contributed by atoms with Gasteiger partial charge in [0.2, 0.25) is 0 Å². The van der Waals surface area contributed by atoms with E-state index in [0.717, 1.165) is 21.8 Å². The fourth-order valence-corrected chi connectivity index (χ4v) is 3.20. The first kappa shape index (κ1) is 17.4. The maximum atomic E-state index is 12.2. The molecule has 0 fully saturated rings. The van der Waals surface area contributed by atoms with Gasteiger partial charge in [-0.3, -0.25) is 4.79 Å². The number of methoxy groups -OCH3 is 2. The molecule has 1 N–H and O–H groups in total. The quantitative estimate of drug-likeness (QED) is 0.313. The summed E-state index contributed by atoms with van der Waals surface area (Å²) in [5.41, 5.74) is 11.6. The van der Waals surface area contributed by atoms with E-state index in [4.69, 9.17) is 15.0 Å². The van der Waals surface area contributed by atoms with Gasteiger partial charge < -0.3 is 14.5 Å². The van der Waals surface area contributed by atoms with Crippen molar-refractivity contribution in [2.45, 2.75) is 0 Å². The van der Waals surface area contributed by atoms with Crippen LogP contribution in [0.5, 0.6) is 11.5 Å². The lowest BCUT2D eigenvalue weighted by Crippen LogP contribution is -2.00. The highest BCUT2D eigenvalue weighted by Gasteiger charge is 2.17. The molecule has 2 aromatic carbocycles. The van der Waals surface area contributed by atoms with Crippen molar-refractivity contribution in [2.24, 2.45) is 5.11 Å². The Morgan fingerprint density at radius 2 is 1.79 bits per heavy atom. The highest BCUT2D eigenvalue weighted by molar-refractivity contribution is 6.13. The first-order chi connectivity index (χ1) is 13.6. The molecule has 0 saturated heterocycles. The van der Waals surface area contributed by atoms with Gasteiger partial charge in [0, 0.05) is 32.8 Å². The van der Waals surface area contributed by atoms with Crippen LogP contribution in [-0.4, -0.2) is 30.1 Å². The number of aromatic nitrogens is 2. The van der Waals surface area contributed by atoms with Crippen LogP contribution in [0.25, 0.3) is 43.5 Å². The number of para-hydroxylation sites is 1. The first-order valence-corrected chi connectivity index (χ1v) is 8.39. The molecule has 8 nitrogen and oxygen atoms in total. The predicted octanol–water partition coefficient (Wildman–Crippen LogP) is 4.85. The third-order valence-corrected chi connectivity index (χ3v) is 4.48. The Bertz CT molecular complexity index is 1250. The number of aromatic amines is 1. The molecule has 28 heavy (non-hydrogen) atoms. The second-order valence-corrected chi connectivity index (χ2v) is 6.05. The number of benzene rings is 2. The van der Waals surface area contributed by atoms with Crippen LogP contribution >= 0.6 is 0 Å². The van der Waals surface area contributed by atoms with Crippen molar-refractivity contribution in [1.82, 2.24) is 9.97 Å². The van der Waals surface area contributed by atoms with Crippen LogP contribution in [0.15, 0.2) is 53.6 Å². The fraction of sp³-hybridized carbons (Fsp3) is 0.100. The molecule has 0 saturated carbocycles. The molecule has 8 heteroatoms. The highest BCUT2D eigenvalue weighted by Crippen LogP contribution is 2.36. The molecule has 138 valence electrons. The van der Waals surface area contributed by atoms with E-state index in [-0.39, 0.29) is 5.69 Å². The number of azide groups is 1. The minimum atomic E-state index is -0.745. The lowest BCUT2D eigenvalue weighted by molar-refractivity contribution is 0.0996. The lowest BCUT2D eigenvalue weighted by Gasteiger charge is -2.10. The van der Waals surface area contributed by atoms with E-state index in [9.17, 15) is 4.79 Å². The molecule has 0 unspecified atom stereocenters. The molecule has 4 rings (SSSR count). The maximum absolute atomic E-state index is 12.2. The van der Waals surface area contributed by atoms with Gasteiger partial charge in [0.15, 0.2) is 0 Å². The molecule has 0 aliphatic carbocycles. The maximum Gasteiger partial charge on any atom is 0.267 e. The summed E-state index contributed by atoms with van der Waals surface area (Å²) in [5, 5.41) is 4.93. The minimum absolute atomic E-state index is 0.0619. The predicted molar refractivity (Wildman–Crippen MR) is 106 cm³/mol. The van der Waals surface area contributed by atoms with E-state index < -0.39 is 5.91 Å². The van der Waals surface area contributed by atoms with Crippen molar-refractivity contribution in [3.05, 3.63) is 64.7 Å². The van der Waals surface area contributed by atoms with E-state index >= 15 is 0 Å². The van der Waals surface area contributed by atoms with Gasteiger partial charge in [0.05, 0.1) is 25.4 Å². The zero-order valence-corrected chi connectivity index (χ0v) is 15.1. The van der Waals surface area contributed by atoms with Crippen LogP contribution in [0.3, 0.4) is 0 Å². The summed E-state index contributed by atoms with van der Waals surface area (Å²) in [6, 6.07) is 14.7. The number of fused-ring (bicyclic) bond motifs is 3. The van der Waals surface area contributed by atoms with Crippen LogP contribution in [0.1, 0.15) is 10.5 Å². The number of amides is 1. The van der Waals surface area contributed by atoms with Gasteiger partial charge in [-0.05, 0) is 34.9 Å². The summed E-state index contributed by atoms with van der Waals surface area (Å²) in [4.78, 5) is 22.7. The number of ether oxygens (including phenoxy) is 2. The summed E-state index contributed by atoms with van der Waals surface area (Å²) in [6.45, 7) is 0. The summed E-state index contributed by atoms with van der Waals surface area (Å²) in [7, 11) is 3.12. The molecule has 1 amide bonds. The van der Waals surface area contributed by atoms with Crippen LogP contribution < -0.4 is 9.47 Å². The van der Waals surface area contributed by atoms with Crippen molar-refractivity contribution >= 4 is 27.7 Å². The summed E-state index contributed by atoms with van der Waals surface area (Å²) >= 11 is 0. The number of carbonyl (C=O) groups is 1. The van der Waals surface area contributed by atoms with Crippen molar-refractivity contribution in [1.29, 1.82) is 0 Å². The van der Waals surface area contributed by atoms with Gasteiger partial charge in [0.1, 0.15) is 17.2 Å². The average Bonchev–Trinajstić information content (AvgIpc) is 3.11. The average molecular weight is 373 g/mol. The van der Waals surface area contributed by atoms with Crippen LogP contribution in [0.2, 0.25) is 0 Å². The zero-order chi connectivity index (χ0) is 19.7. The van der Waals surface area contributed by atoms with Gasteiger partial charge in [-0.25, -0.2) is 4.98 Å². The zero-order valence-electron chi connectivity index (χ0n) is 15.1. The second kappa shape index (κ2) is 6.94. The Kier molecular flexibility index (Phi) is 4.31. The number of hydrogen-bond acceptors (Lipinski definition) is 4. The van der Waals surface area contributed by atoms with Crippen molar-refractivity contribution < 1.29 is 14.3 Å². The van der Waals surface area contributed by atoms with Crippen molar-refractivity contribution in [2.75, 3.05) is 14.2 Å². The molecule has 0 radical (unpaired) electrons. The van der Waals surface area contributed by atoms with Crippen molar-refractivity contribution in [3.63, 3.8) is 0 Å². The van der Waals surface area contributed by atoms with Crippen LogP contribution in [0, 0.1) is 0 Å². The number of H-pyrrole nitrogens is 1. The number of nitrogens with one attached hydrogen (secondary N) is 1. The minimum Gasteiger partial charge on any atom is -0.497 e. The molecular weight excluding hydrogens is 358 g/mol. The molecule has 4 aromatic rings. The van der Waals surface area contributed by atoms with Crippen LogP contribution in [0.4, 0.5) is 0 Å². The summed E-state index contributed by atoms with van der Waals surface area (Å²) < 4.78 is 10.7. The third-order valence-electron chi connectivity index (χ3n) is 4.48. The standard InChI is InChI=1S/C20H15N5O3/c1-27-12-7-11(8-13(9-12)28-2)18-19-15(10-17(23-18)20(26)24-25-21)14-5-3-4-6-16(14)22-19/h3-10,22H,1-2H3. The molecule has 0 aliphatic heterocycles. The number of rotatable bonds is 4. The number of nitrogens with zero attached hydrogens (tertiary/aromatic N) is 4. The van der Waals surface area contributed by atoms with Crippen LogP contribution in [-0.2, 0) is 0 Å². The van der Waals surface area contributed by atoms with E-state index in [1.165, 1.54) is 0 Å². The smallest absolute Gasteiger partial charge is 0.267 e. The Balaban J connectivity index is 2.09. The third kappa shape index (κ3) is 2.87.